The Hall–Kier alpha value is -2.81. The molecule has 2 nitrogen and oxygen atoms in total. The van der Waals surface area contributed by atoms with Gasteiger partial charge in [-0.2, -0.15) is 0 Å². The molecule has 0 aliphatic rings. The second kappa shape index (κ2) is 5.29. The van der Waals surface area contributed by atoms with Crippen LogP contribution in [0.2, 0.25) is 0 Å². The number of phenolic OH excluding ortho intramolecular Hbond substituents is 2. The Bertz CT molecular complexity index is 797. The van der Waals surface area contributed by atoms with Crippen molar-refractivity contribution >= 4 is 0 Å². The molecule has 0 aromatic heterocycles. The van der Waals surface area contributed by atoms with Gasteiger partial charge < -0.3 is 10.2 Å². The van der Waals surface area contributed by atoms with Crippen molar-refractivity contribution < 1.29 is 14.6 Å². The van der Waals surface area contributed by atoms with Gasteiger partial charge in [0, 0.05) is 5.56 Å². The summed E-state index contributed by atoms with van der Waals surface area (Å²) >= 11 is 0. The maximum Gasteiger partial charge on any atom is 0.131 e. The van der Waals surface area contributed by atoms with Crippen molar-refractivity contribution in [2.24, 2.45) is 0 Å². The van der Waals surface area contributed by atoms with Gasteiger partial charge in [0.15, 0.2) is 0 Å². The summed E-state index contributed by atoms with van der Waals surface area (Å²) in [6, 6.07) is 17.9. The summed E-state index contributed by atoms with van der Waals surface area (Å²) in [5.74, 6) is -0.169. The molecule has 3 aromatic rings. The molecule has 0 fully saturated rings. The zero-order chi connectivity index (χ0) is 14.8. The largest absolute Gasteiger partial charge is 0.508 e. The summed E-state index contributed by atoms with van der Waals surface area (Å²) in [5, 5.41) is 19.2. The summed E-state index contributed by atoms with van der Waals surface area (Å²) in [6.45, 7) is 0. The van der Waals surface area contributed by atoms with Crippen LogP contribution in [0.5, 0.6) is 11.5 Å². The average Bonchev–Trinajstić information content (AvgIpc) is 2.47. The summed E-state index contributed by atoms with van der Waals surface area (Å²) < 4.78 is 14.3. The molecule has 3 heteroatoms. The van der Waals surface area contributed by atoms with E-state index in [4.69, 9.17) is 0 Å². The highest BCUT2D eigenvalue weighted by Crippen LogP contribution is 2.36. The van der Waals surface area contributed by atoms with Gasteiger partial charge >= 0.3 is 0 Å². The predicted molar refractivity (Wildman–Crippen MR) is 80.6 cm³/mol. The van der Waals surface area contributed by atoms with Gasteiger partial charge in [-0.1, -0.05) is 36.4 Å². The van der Waals surface area contributed by atoms with Crippen molar-refractivity contribution in [2.75, 3.05) is 0 Å². The number of rotatable bonds is 2. The molecule has 0 amide bonds. The van der Waals surface area contributed by atoms with Crippen molar-refractivity contribution in [1.29, 1.82) is 0 Å². The maximum absolute atomic E-state index is 14.3. The van der Waals surface area contributed by atoms with Crippen LogP contribution in [0, 0.1) is 5.82 Å². The molecule has 3 aromatic carbocycles. The Morgan fingerprint density at radius 3 is 1.90 bits per heavy atom. The fourth-order valence-electron chi connectivity index (χ4n) is 2.39. The monoisotopic (exact) mass is 280 g/mol. The quantitative estimate of drug-likeness (QED) is 0.721. The van der Waals surface area contributed by atoms with Gasteiger partial charge in [0.05, 0.1) is 0 Å². The molecule has 21 heavy (non-hydrogen) atoms. The molecule has 0 aliphatic carbocycles. The van der Waals surface area contributed by atoms with Gasteiger partial charge in [0.1, 0.15) is 17.3 Å². The SMILES string of the molecule is Oc1cccc(-c2cccc(F)c2-c2cccc(O)c2)c1. The van der Waals surface area contributed by atoms with E-state index in [2.05, 4.69) is 0 Å². The van der Waals surface area contributed by atoms with Crippen LogP contribution < -0.4 is 0 Å². The number of aromatic hydroxyl groups is 2. The van der Waals surface area contributed by atoms with Crippen LogP contribution >= 0.6 is 0 Å². The summed E-state index contributed by atoms with van der Waals surface area (Å²) in [5.41, 5.74) is 2.37. The van der Waals surface area contributed by atoms with Crippen LogP contribution in [0.3, 0.4) is 0 Å². The van der Waals surface area contributed by atoms with Crippen molar-refractivity contribution in [1.82, 2.24) is 0 Å². The lowest BCUT2D eigenvalue weighted by molar-refractivity contribution is 0.475. The zero-order valence-electron chi connectivity index (χ0n) is 11.1. The number of halogens is 1. The second-order valence-electron chi connectivity index (χ2n) is 4.76. The zero-order valence-corrected chi connectivity index (χ0v) is 11.1. The van der Waals surface area contributed by atoms with Gasteiger partial charge in [-0.3, -0.25) is 0 Å². The Labute approximate surface area is 121 Å². The van der Waals surface area contributed by atoms with Crippen molar-refractivity contribution in [3.8, 4) is 33.8 Å². The van der Waals surface area contributed by atoms with E-state index < -0.39 is 0 Å². The minimum Gasteiger partial charge on any atom is -0.508 e. The first-order valence-electron chi connectivity index (χ1n) is 6.52. The first kappa shape index (κ1) is 13.2. The van der Waals surface area contributed by atoms with Gasteiger partial charge in [-0.25, -0.2) is 4.39 Å². The van der Waals surface area contributed by atoms with E-state index in [0.29, 0.717) is 22.3 Å². The Morgan fingerprint density at radius 2 is 1.24 bits per heavy atom. The topological polar surface area (TPSA) is 40.5 Å². The minimum absolute atomic E-state index is 0.0811. The Morgan fingerprint density at radius 1 is 0.667 bits per heavy atom. The molecule has 0 unspecified atom stereocenters. The minimum atomic E-state index is -0.374. The van der Waals surface area contributed by atoms with E-state index in [0.717, 1.165) is 0 Å². The lowest BCUT2D eigenvalue weighted by atomic mass is 9.94. The number of phenols is 2. The fourth-order valence-corrected chi connectivity index (χ4v) is 2.39. The van der Waals surface area contributed by atoms with Crippen LogP contribution in [-0.4, -0.2) is 10.2 Å². The predicted octanol–water partition coefficient (Wildman–Crippen LogP) is 4.57. The molecular formula is C18H13FO2. The Kier molecular flexibility index (Phi) is 3.32. The molecule has 0 saturated carbocycles. The van der Waals surface area contributed by atoms with Gasteiger partial charge in [-0.05, 0) is 47.0 Å². The lowest BCUT2D eigenvalue weighted by Gasteiger charge is -2.12. The average molecular weight is 280 g/mol. The van der Waals surface area contributed by atoms with Crippen LogP contribution in [0.1, 0.15) is 0 Å². The number of hydrogen-bond acceptors (Lipinski definition) is 2. The normalized spacial score (nSPS) is 10.5. The molecule has 2 N–H and O–H groups in total. The fraction of sp³-hybridized carbons (Fsp3) is 0. The molecule has 0 atom stereocenters. The van der Waals surface area contributed by atoms with Crippen molar-refractivity contribution in [3.05, 3.63) is 72.5 Å². The molecule has 0 bridgehead atoms. The van der Waals surface area contributed by atoms with Gasteiger partial charge in [-0.15, -0.1) is 0 Å². The Balaban J connectivity index is 2.25. The highest BCUT2D eigenvalue weighted by molar-refractivity contribution is 5.84. The third-order valence-electron chi connectivity index (χ3n) is 3.31. The summed E-state index contributed by atoms with van der Waals surface area (Å²) in [4.78, 5) is 0. The van der Waals surface area contributed by atoms with E-state index in [-0.39, 0.29) is 17.3 Å². The van der Waals surface area contributed by atoms with E-state index in [1.165, 1.54) is 12.1 Å². The smallest absolute Gasteiger partial charge is 0.131 e. The molecule has 0 spiro atoms. The molecule has 0 radical (unpaired) electrons. The van der Waals surface area contributed by atoms with Crippen LogP contribution in [0.4, 0.5) is 4.39 Å². The van der Waals surface area contributed by atoms with Crippen LogP contribution in [0.15, 0.2) is 66.7 Å². The van der Waals surface area contributed by atoms with Crippen LogP contribution in [-0.2, 0) is 0 Å². The van der Waals surface area contributed by atoms with Gasteiger partial charge in [0.25, 0.3) is 0 Å². The molecule has 0 saturated heterocycles. The molecule has 3 rings (SSSR count). The van der Waals surface area contributed by atoms with Crippen LogP contribution in [0.25, 0.3) is 22.3 Å². The summed E-state index contributed by atoms with van der Waals surface area (Å²) in [7, 11) is 0. The first-order chi connectivity index (χ1) is 10.1. The van der Waals surface area contributed by atoms with E-state index in [1.807, 2.05) is 0 Å². The maximum atomic E-state index is 14.3. The number of benzene rings is 3. The molecule has 104 valence electrons. The standard InChI is InChI=1S/C18H13FO2/c19-17-9-3-8-16(12-4-1-6-14(20)10-12)18(17)13-5-2-7-15(21)11-13/h1-11,20-21H. The summed E-state index contributed by atoms with van der Waals surface area (Å²) in [6.07, 6.45) is 0. The highest BCUT2D eigenvalue weighted by Gasteiger charge is 2.13. The van der Waals surface area contributed by atoms with E-state index >= 15 is 0 Å². The highest BCUT2D eigenvalue weighted by atomic mass is 19.1. The van der Waals surface area contributed by atoms with Crippen molar-refractivity contribution in [2.45, 2.75) is 0 Å². The van der Waals surface area contributed by atoms with Crippen molar-refractivity contribution in [3.63, 3.8) is 0 Å². The van der Waals surface area contributed by atoms with E-state index in [1.54, 1.807) is 54.6 Å². The van der Waals surface area contributed by atoms with E-state index in [9.17, 15) is 14.6 Å². The lowest BCUT2D eigenvalue weighted by Crippen LogP contribution is -1.89. The van der Waals surface area contributed by atoms with Gasteiger partial charge in [0.2, 0.25) is 0 Å². The number of hydrogen-bond donors (Lipinski definition) is 2. The first-order valence-corrected chi connectivity index (χ1v) is 6.52. The third-order valence-corrected chi connectivity index (χ3v) is 3.31. The third kappa shape index (κ3) is 2.58. The molecular weight excluding hydrogens is 267 g/mol. The second-order valence-corrected chi connectivity index (χ2v) is 4.76. The molecule has 0 aliphatic heterocycles. The molecule has 0 heterocycles.